The molecule has 3 N–H and O–H groups in total. The van der Waals surface area contributed by atoms with Crippen LogP contribution in [0.5, 0.6) is 0 Å². The molecular formula is C11H15FN2. The zero-order valence-electron chi connectivity index (χ0n) is 8.04. The quantitative estimate of drug-likeness (QED) is 0.712. The van der Waals surface area contributed by atoms with Gasteiger partial charge >= 0.3 is 0 Å². The molecule has 0 saturated carbocycles. The van der Waals surface area contributed by atoms with Crippen LogP contribution in [0.25, 0.3) is 0 Å². The zero-order chi connectivity index (χ0) is 9.97. The van der Waals surface area contributed by atoms with Crippen LogP contribution < -0.4 is 11.1 Å². The van der Waals surface area contributed by atoms with Gasteiger partial charge in [-0.2, -0.15) is 0 Å². The molecule has 0 radical (unpaired) electrons. The summed E-state index contributed by atoms with van der Waals surface area (Å²) >= 11 is 0. The van der Waals surface area contributed by atoms with Crippen molar-refractivity contribution in [3.8, 4) is 0 Å². The van der Waals surface area contributed by atoms with Crippen molar-refractivity contribution in [2.75, 3.05) is 6.54 Å². The second-order valence-electron chi connectivity index (χ2n) is 3.84. The lowest BCUT2D eigenvalue weighted by Crippen LogP contribution is -2.38. The Morgan fingerprint density at radius 1 is 1.29 bits per heavy atom. The van der Waals surface area contributed by atoms with E-state index in [4.69, 9.17) is 5.73 Å². The molecule has 2 nitrogen and oxygen atoms in total. The normalized spacial score (nSPS) is 27.6. The standard InChI is InChI=1S/C11H15FN2/c12-9-3-1-8(2-4-9)11-7-10(13)5-6-14-11/h1-4,10-11,14H,5-7,13H2. The first kappa shape index (κ1) is 9.62. The molecule has 1 aromatic carbocycles. The number of nitrogens with two attached hydrogens (primary N) is 1. The topological polar surface area (TPSA) is 38.0 Å². The maximum atomic E-state index is 12.7. The van der Waals surface area contributed by atoms with E-state index in [0.29, 0.717) is 6.04 Å². The van der Waals surface area contributed by atoms with Crippen molar-refractivity contribution in [2.24, 2.45) is 5.73 Å². The third-order valence-electron chi connectivity index (χ3n) is 2.72. The molecular weight excluding hydrogens is 179 g/mol. The summed E-state index contributed by atoms with van der Waals surface area (Å²) in [4.78, 5) is 0. The van der Waals surface area contributed by atoms with Crippen molar-refractivity contribution >= 4 is 0 Å². The van der Waals surface area contributed by atoms with Crippen molar-refractivity contribution < 1.29 is 4.39 Å². The fourth-order valence-electron chi connectivity index (χ4n) is 1.90. The maximum Gasteiger partial charge on any atom is 0.123 e. The van der Waals surface area contributed by atoms with Crippen molar-refractivity contribution in [2.45, 2.75) is 24.9 Å². The summed E-state index contributed by atoms with van der Waals surface area (Å²) in [5, 5.41) is 3.38. The van der Waals surface area contributed by atoms with Gasteiger partial charge in [-0.1, -0.05) is 12.1 Å². The van der Waals surface area contributed by atoms with Gasteiger partial charge < -0.3 is 11.1 Å². The highest BCUT2D eigenvalue weighted by Crippen LogP contribution is 2.22. The predicted molar refractivity (Wildman–Crippen MR) is 54.4 cm³/mol. The first-order valence-electron chi connectivity index (χ1n) is 5.00. The van der Waals surface area contributed by atoms with E-state index in [9.17, 15) is 4.39 Å². The lowest BCUT2D eigenvalue weighted by atomic mass is 9.94. The summed E-state index contributed by atoms with van der Waals surface area (Å²) in [6.45, 7) is 0.948. The molecule has 0 spiro atoms. The van der Waals surface area contributed by atoms with Crippen LogP contribution in [0, 0.1) is 5.82 Å². The maximum absolute atomic E-state index is 12.7. The van der Waals surface area contributed by atoms with E-state index in [1.807, 2.05) is 12.1 Å². The van der Waals surface area contributed by atoms with E-state index in [1.54, 1.807) is 0 Å². The van der Waals surface area contributed by atoms with Crippen LogP contribution >= 0.6 is 0 Å². The second kappa shape index (κ2) is 4.07. The molecule has 0 aromatic heterocycles. The second-order valence-corrected chi connectivity index (χ2v) is 3.84. The summed E-state index contributed by atoms with van der Waals surface area (Å²) in [6.07, 6.45) is 1.96. The number of hydrogen-bond donors (Lipinski definition) is 2. The molecule has 2 rings (SSSR count). The average Bonchev–Trinajstić information content (AvgIpc) is 2.19. The van der Waals surface area contributed by atoms with Crippen LogP contribution in [0.3, 0.4) is 0 Å². The minimum absolute atomic E-state index is 0.186. The van der Waals surface area contributed by atoms with E-state index in [1.165, 1.54) is 12.1 Å². The molecule has 1 aromatic rings. The van der Waals surface area contributed by atoms with Gasteiger partial charge in [0.05, 0.1) is 0 Å². The van der Waals surface area contributed by atoms with Crippen LogP contribution in [0.2, 0.25) is 0 Å². The molecule has 2 atom stereocenters. The molecule has 14 heavy (non-hydrogen) atoms. The molecule has 0 bridgehead atoms. The Hall–Kier alpha value is -0.930. The fourth-order valence-corrected chi connectivity index (χ4v) is 1.90. The third-order valence-corrected chi connectivity index (χ3v) is 2.72. The van der Waals surface area contributed by atoms with Crippen LogP contribution in [0.15, 0.2) is 24.3 Å². The van der Waals surface area contributed by atoms with Gasteiger partial charge in [-0.05, 0) is 37.1 Å². The van der Waals surface area contributed by atoms with Crippen molar-refractivity contribution in [1.82, 2.24) is 5.32 Å². The van der Waals surface area contributed by atoms with E-state index in [0.717, 1.165) is 24.9 Å². The number of hydrogen-bond acceptors (Lipinski definition) is 2. The Labute approximate surface area is 83.3 Å². The third kappa shape index (κ3) is 2.11. The molecule has 1 fully saturated rings. The van der Waals surface area contributed by atoms with Gasteiger partial charge in [0.15, 0.2) is 0 Å². The molecule has 3 heteroatoms. The molecule has 1 aliphatic rings. The highest BCUT2D eigenvalue weighted by atomic mass is 19.1. The smallest absolute Gasteiger partial charge is 0.123 e. The molecule has 1 heterocycles. The molecule has 0 amide bonds. The van der Waals surface area contributed by atoms with Gasteiger partial charge in [-0.15, -0.1) is 0 Å². The van der Waals surface area contributed by atoms with Crippen molar-refractivity contribution in [1.29, 1.82) is 0 Å². The Balaban J connectivity index is 2.10. The SMILES string of the molecule is NC1CCNC(c2ccc(F)cc2)C1. The van der Waals surface area contributed by atoms with Crippen LogP contribution in [-0.2, 0) is 0 Å². The van der Waals surface area contributed by atoms with Crippen LogP contribution in [0.4, 0.5) is 4.39 Å². The largest absolute Gasteiger partial charge is 0.328 e. The Morgan fingerprint density at radius 2 is 2.00 bits per heavy atom. The predicted octanol–water partition coefficient (Wildman–Crippen LogP) is 1.58. The Bertz CT molecular complexity index is 297. The Morgan fingerprint density at radius 3 is 2.64 bits per heavy atom. The highest BCUT2D eigenvalue weighted by Gasteiger charge is 2.19. The van der Waals surface area contributed by atoms with Crippen molar-refractivity contribution in [3.63, 3.8) is 0 Å². The summed E-state index contributed by atoms with van der Waals surface area (Å²) < 4.78 is 12.7. The van der Waals surface area contributed by atoms with E-state index in [-0.39, 0.29) is 11.9 Å². The van der Waals surface area contributed by atoms with Gasteiger partial charge in [-0.3, -0.25) is 0 Å². The zero-order valence-corrected chi connectivity index (χ0v) is 8.04. The molecule has 76 valence electrons. The van der Waals surface area contributed by atoms with Crippen molar-refractivity contribution in [3.05, 3.63) is 35.6 Å². The minimum atomic E-state index is -0.186. The monoisotopic (exact) mass is 194 g/mol. The van der Waals surface area contributed by atoms with Crippen LogP contribution in [-0.4, -0.2) is 12.6 Å². The summed E-state index contributed by atoms with van der Waals surface area (Å²) in [7, 11) is 0. The Kier molecular flexibility index (Phi) is 2.79. The molecule has 1 saturated heterocycles. The first-order valence-corrected chi connectivity index (χ1v) is 5.00. The lowest BCUT2D eigenvalue weighted by Gasteiger charge is -2.28. The summed E-state index contributed by atoms with van der Waals surface area (Å²) in [6, 6.07) is 7.20. The fraction of sp³-hybridized carbons (Fsp3) is 0.455. The lowest BCUT2D eigenvalue weighted by molar-refractivity contribution is 0.369. The van der Waals surface area contributed by atoms with E-state index >= 15 is 0 Å². The first-order chi connectivity index (χ1) is 6.75. The molecule has 2 unspecified atom stereocenters. The minimum Gasteiger partial charge on any atom is -0.328 e. The van der Waals surface area contributed by atoms with E-state index < -0.39 is 0 Å². The van der Waals surface area contributed by atoms with Crippen LogP contribution in [0.1, 0.15) is 24.4 Å². The number of halogens is 1. The van der Waals surface area contributed by atoms with Gasteiger partial charge in [0, 0.05) is 12.1 Å². The summed E-state index contributed by atoms with van der Waals surface area (Å²) in [5.41, 5.74) is 7.00. The van der Waals surface area contributed by atoms with Gasteiger partial charge in [-0.25, -0.2) is 4.39 Å². The van der Waals surface area contributed by atoms with Gasteiger partial charge in [0.1, 0.15) is 5.82 Å². The van der Waals surface area contributed by atoms with Gasteiger partial charge in [0.25, 0.3) is 0 Å². The molecule has 1 aliphatic heterocycles. The number of nitrogens with one attached hydrogen (secondary N) is 1. The number of benzene rings is 1. The average molecular weight is 194 g/mol. The van der Waals surface area contributed by atoms with Gasteiger partial charge in [0.2, 0.25) is 0 Å². The number of rotatable bonds is 1. The molecule has 0 aliphatic carbocycles. The number of piperidine rings is 1. The summed E-state index contributed by atoms with van der Waals surface area (Å²) in [5.74, 6) is -0.186. The van der Waals surface area contributed by atoms with E-state index in [2.05, 4.69) is 5.32 Å². The highest BCUT2D eigenvalue weighted by molar-refractivity contribution is 5.20.